The summed E-state index contributed by atoms with van der Waals surface area (Å²) < 4.78 is 1.84. The monoisotopic (exact) mass is 271 g/mol. The molecule has 1 saturated carbocycles. The Hall–Kier alpha value is -0.580. The summed E-state index contributed by atoms with van der Waals surface area (Å²) in [5, 5.41) is 18.0. The highest BCUT2D eigenvalue weighted by molar-refractivity contribution is 6.31. The summed E-state index contributed by atoms with van der Waals surface area (Å²) in [7, 11) is 1.92. The number of aliphatic hydroxyl groups excluding tert-OH is 1. The first kappa shape index (κ1) is 13.8. The molecular weight excluding hydrogens is 250 g/mol. The highest BCUT2D eigenvalue weighted by Crippen LogP contribution is 2.24. The quantitative estimate of drug-likeness (QED) is 0.881. The smallest absolute Gasteiger partial charge is 0.0860 e. The standard InChI is InChI=1S/C13H22ClN3O/c1-9-13(14)12(17(2)16-9)8-15-7-10-3-5-11(18)6-4-10/h10-11,15,18H,3-8H2,1-2H3. The molecule has 1 heterocycles. The zero-order chi connectivity index (χ0) is 13.1. The maximum atomic E-state index is 9.46. The van der Waals surface area contributed by atoms with Gasteiger partial charge in [-0.05, 0) is 45.1 Å². The van der Waals surface area contributed by atoms with Gasteiger partial charge in [0.15, 0.2) is 0 Å². The van der Waals surface area contributed by atoms with Crippen LogP contribution in [0, 0.1) is 12.8 Å². The fourth-order valence-electron chi connectivity index (χ4n) is 2.62. The largest absolute Gasteiger partial charge is 0.393 e. The van der Waals surface area contributed by atoms with Crippen molar-refractivity contribution in [1.29, 1.82) is 0 Å². The molecule has 2 rings (SSSR count). The van der Waals surface area contributed by atoms with Crippen molar-refractivity contribution in [3.05, 3.63) is 16.4 Å². The van der Waals surface area contributed by atoms with Crippen molar-refractivity contribution >= 4 is 11.6 Å². The highest BCUT2D eigenvalue weighted by atomic mass is 35.5. The molecule has 18 heavy (non-hydrogen) atoms. The topological polar surface area (TPSA) is 50.1 Å². The second-order valence-corrected chi connectivity index (χ2v) is 5.65. The van der Waals surface area contributed by atoms with Crippen LogP contribution < -0.4 is 5.32 Å². The van der Waals surface area contributed by atoms with E-state index >= 15 is 0 Å². The molecule has 102 valence electrons. The summed E-state index contributed by atoms with van der Waals surface area (Å²) in [5.41, 5.74) is 1.93. The molecule has 0 saturated heterocycles. The predicted molar refractivity (Wildman–Crippen MR) is 72.6 cm³/mol. The molecular formula is C13H22ClN3O. The zero-order valence-corrected chi connectivity index (χ0v) is 11.9. The third-order valence-corrected chi connectivity index (χ3v) is 4.30. The minimum atomic E-state index is -0.0737. The normalized spacial score (nSPS) is 24.4. The van der Waals surface area contributed by atoms with Gasteiger partial charge in [0.25, 0.3) is 0 Å². The average Bonchev–Trinajstić information content (AvgIpc) is 2.58. The van der Waals surface area contributed by atoms with Crippen molar-refractivity contribution in [3.8, 4) is 0 Å². The van der Waals surface area contributed by atoms with Crippen LogP contribution in [0.5, 0.6) is 0 Å². The summed E-state index contributed by atoms with van der Waals surface area (Å²) in [6, 6.07) is 0. The SMILES string of the molecule is Cc1nn(C)c(CNCC2CCC(O)CC2)c1Cl. The average molecular weight is 272 g/mol. The highest BCUT2D eigenvalue weighted by Gasteiger charge is 2.19. The minimum Gasteiger partial charge on any atom is -0.393 e. The van der Waals surface area contributed by atoms with Crippen molar-refractivity contribution in [3.63, 3.8) is 0 Å². The number of halogens is 1. The molecule has 1 aliphatic carbocycles. The Bertz CT molecular complexity index is 397. The Morgan fingerprint density at radius 3 is 2.61 bits per heavy atom. The number of rotatable bonds is 4. The summed E-state index contributed by atoms with van der Waals surface area (Å²) in [6.07, 6.45) is 4.05. The summed E-state index contributed by atoms with van der Waals surface area (Å²) in [4.78, 5) is 0. The van der Waals surface area contributed by atoms with Crippen LogP contribution in [0.2, 0.25) is 5.02 Å². The van der Waals surface area contributed by atoms with Gasteiger partial charge < -0.3 is 10.4 Å². The van der Waals surface area contributed by atoms with Crippen LogP contribution in [-0.4, -0.2) is 27.5 Å². The number of hydrogen-bond acceptors (Lipinski definition) is 3. The van der Waals surface area contributed by atoms with Gasteiger partial charge in [0.2, 0.25) is 0 Å². The number of aromatic nitrogens is 2. The molecule has 0 aliphatic heterocycles. The molecule has 1 aromatic rings. The van der Waals surface area contributed by atoms with Gasteiger partial charge in [-0.2, -0.15) is 5.10 Å². The lowest BCUT2D eigenvalue weighted by molar-refractivity contribution is 0.108. The molecule has 0 spiro atoms. The summed E-state index contributed by atoms with van der Waals surface area (Å²) in [6.45, 7) is 3.68. The molecule has 2 N–H and O–H groups in total. The molecule has 0 aromatic carbocycles. The van der Waals surface area contributed by atoms with Crippen molar-refractivity contribution in [2.24, 2.45) is 13.0 Å². The van der Waals surface area contributed by atoms with Crippen LogP contribution in [-0.2, 0) is 13.6 Å². The second-order valence-electron chi connectivity index (χ2n) is 5.28. The number of hydrogen-bond donors (Lipinski definition) is 2. The molecule has 0 bridgehead atoms. The van der Waals surface area contributed by atoms with E-state index in [9.17, 15) is 5.11 Å². The van der Waals surface area contributed by atoms with Crippen molar-refractivity contribution in [2.45, 2.75) is 45.3 Å². The van der Waals surface area contributed by atoms with E-state index in [0.29, 0.717) is 5.92 Å². The van der Waals surface area contributed by atoms with E-state index < -0.39 is 0 Å². The van der Waals surface area contributed by atoms with E-state index in [1.54, 1.807) is 0 Å². The van der Waals surface area contributed by atoms with Gasteiger partial charge in [0, 0.05) is 13.6 Å². The number of aliphatic hydroxyl groups is 1. The van der Waals surface area contributed by atoms with Crippen LogP contribution in [0.3, 0.4) is 0 Å². The Kier molecular flexibility index (Phi) is 4.65. The first-order valence-electron chi connectivity index (χ1n) is 6.64. The summed E-state index contributed by atoms with van der Waals surface area (Å²) in [5.74, 6) is 0.682. The van der Waals surface area contributed by atoms with Gasteiger partial charge in [-0.3, -0.25) is 4.68 Å². The summed E-state index contributed by atoms with van der Waals surface area (Å²) >= 11 is 6.20. The van der Waals surface area contributed by atoms with Gasteiger partial charge >= 0.3 is 0 Å². The van der Waals surface area contributed by atoms with E-state index in [4.69, 9.17) is 11.6 Å². The van der Waals surface area contributed by atoms with Gasteiger partial charge in [-0.25, -0.2) is 0 Å². The van der Waals surface area contributed by atoms with Crippen LogP contribution in [0.25, 0.3) is 0 Å². The number of nitrogens with zero attached hydrogens (tertiary/aromatic N) is 2. The Morgan fingerprint density at radius 1 is 1.39 bits per heavy atom. The van der Waals surface area contributed by atoms with Gasteiger partial charge in [-0.15, -0.1) is 0 Å². The predicted octanol–water partition coefficient (Wildman–Crippen LogP) is 2.02. The van der Waals surface area contributed by atoms with Crippen molar-refractivity contribution in [2.75, 3.05) is 6.54 Å². The fraction of sp³-hybridized carbons (Fsp3) is 0.769. The van der Waals surface area contributed by atoms with Crippen LogP contribution >= 0.6 is 11.6 Å². The molecule has 0 atom stereocenters. The van der Waals surface area contributed by atoms with Crippen LogP contribution in [0.15, 0.2) is 0 Å². The lowest BCUT2D eigenvalue weighted by Gasteiger charge is -2.25. The molecule has 5 heteroatoms. The molecule has 0 unspecified atom stereocenters. The van der Waals surface area contributed by atoms with E-state index in [-0.39, 0.29) is 6.10 Å². The number of nitrogens with one attached hydrogen (secondary N) is 1. The van der Waals surface area contributed by atoms with Crippen LogP contribution in [0.1, 0.15) is 37.1 Å². The molecule has 0 radical (unpaired) electrons. The fourth-order valence-corrected chi connectivity index (χ4v) is 2.84. The van der Waals surface area contributed by atoms with Crippen molar-refractivity contribution in [1.82, 2.24) is 15.1 Å². The third-order valence-electron chi connectivity index (χ3n) is 3.80. The van der Waals surface area contributed by atoms with Gasteiger partial charge in [-0.1, -0.05) is 11.6 Å². The molecule has 1 aliphatic rings. The van der Waals surface area contributed by atoms with Crippen molar-refractivity contribution < 1.29 is 5.11 Å². The first-order valence-corrected chi connectivity index (χ1v) is 7.02. The first-order chi connectivity index (χ1) is 8.58. The maximum absolute atomic E-state index is 9.46. The molecule has 4 nitrogen and oxygen atoms in total. The molecule has 1 aromatic heterocycles. The second kappa shape index (κ2) is 6.04. The van der Waals surface area contributed by atoms with E-state index in [1.165, 1.54) is 0 Å². The Morgan fingerprint density at radius 2 is 2.06 bits per heavy atom. The minimum absolute atomic E-state index is 0.0737. The Balaban J connectivity index is 1.78. The molecule has 0 amide bonds. The third kappa shape index (κ3) is 3.25. The molecule has 1 fully saturated rings. The Labute approximate surface area is 113 Å². The zero-order valence-electron chi connectivity index (χ0n) is 11.1. The van der Waals surface area contributed by atoms with E-state index in [1.807, 2.05) is 18.7 Å². The number of aryl methyl sites for hydroxylation is 2. The lowest BCUT2D eigenvalue weighted by Crippen LogP contribution is -2.28. The maximum Gasteiger partial charge on any atom is 0.0860 e. The van der Waals surface area contributed by atoms with Crippen LogP contribution in [0.4, 0.5) is 0 Å². The van der Waals surface area contributed by atoms with E-state index in [0.717, 1.165) is 55.2 Å². The lowest BCUT2D eigenvalue weighted by atomic mass is 9.87. The van der Waals surface area contributed by atoms with Gasteiger partial charge in [0.05, 0.1) is 22.5 Å². The van der Waals surface area contributed by atoms with E-state index in [2.05, 4.69) is 10.4 Å². The van der Waals surface area contributed by atoms with Gasteiger partial charge in [0.1, 0.15) is 0 Å².